The topological polar surface area (TPSA) is 96.7 Å². The lowest BCUT2D eigenvalue weighted by molar-refractivity contribution is -0.116. The first-order chi connectivity index (χ1) is 19.6. The third-order valence-corrected chi connectivity index (χ3v) is 7.46. The van der Waals surface area contributed by atoms with Crippen molar-refractivity contribution in [2.45, 2.75) is 31.4 Å². The number of Topliss-reactive ketones (excluding diaryl/α,β-unsaturated/α-hetero) is 1. The summed E-state index contributed by atoms with van der Waals surface area (Å²) in [5, 5.41) is 7.83. The molecular weight excluding hydrogens is 508 g/mol. The molecule has 1 N–H and O–H groups in total. The van der Waals surface area contributed by atoms with Gasteiger partial charge in [-0.25, -0.2) is 4.68 Å². The fourth-order valence-corrected chi connectivity index (χ4v) is 5.52. The summed E-state index contributed by atoms with van der Waals surface area (Å²) in [5.41, 5.74) is 4.54. The van der Waals surface area contributed by atoms with E-state index in [1.807, 2.05) is 66.7 Å². The maximum Gasteiger partial charge on any atom is 0.226 e. The molecule has 1 aliphatic carbocycles. The molecule has 6 rings (SSSR count). The average Bonchev–Trinajstić information content (AvgIpc) is 3.47. The van der Waals surface area contributed by atoms with Gasteiger partial charge in [-0.3, -0.25) is 4.79 Å². The van der Waals surface area contributed by atoms with E-state index in [9.17, 15) is 4.79 Å². The number of ether oxygens (including phenoxy) is 4. The number of carbonyl (C=O) groups is 1. The van der Waals surface area contributed by atoms with Crippen molar-refractivity contribution in [1.29, 1.82) is 0 Å². The molecule has 0 amide bonds. The predicted octanol–water partition coefficient (Wildman–Crippen LogP) is 5.30. The molecular formula is C31H30N4O5. The number of allylic oxidation sites excluding steroid dienone is 2. The second-order valence-electron chi connectivity index (χ2n) is 9.78. The molecule has 9 nitrogen and oxygen atoms in total. The summed E-state index contributed by atoms with van der Waals surface area (Å²) in [5.74, 6) is 2.99. The summed E-state index contributed by atoms with van der Waals surface area (Å²) in [6.07, 6.45) is 2.48. The number of nitrogens with one attached hydrogen (secondary N) is 1. The number of rotatable bonds is 8. The summed E-state index contributed by atoms with van der Waals surface area (Å²) >= 11 is 0. The zero-order valence-corrected chi connectivity index (χ0v) is 22.6. The van der Waals surface area contributed by atoms with Gasteiger partial charge in [0.1, 0.15) is 24.7 Å². The monoisotopic (exact) mass is 538 g/mol. The zero-order chi connectivity index (χ0) is 27.6. The minimum absolute atomic E-state index is 0.0584. The Morgan fingerprint density at radius 3 is 2.30 bits per heavy atom. The molecule has 0 saturated carbocycles. The van der Waals surface area contributed by atoms with E-state index >= 15 is 0 Å². The van der Waals surface area contributed by atoms with Crippen LogP contribution < -0.4 is 24.3 Å². The van der Waals surface area contributed by atoms with Crippen LogP contribution in [0, 0.1) is 0 Å². The normalized spacial score (nSPS) is 17.9. The van der Waals surface area contributed by atoms with E-state index in [1.54, 1.807) is 26.0 Å². The van der Waals surface area contributed by atoms with E-state index in [1.165, 1.54) is 6.33 Å². The van der Waals surface area contributed by atoms with Crippen molar-refractivity contribution in [3.05, 3.63) is 101 Å². The van der Waals surface area contributed by atoms with Crippen molar-refractivity contribution >= 4 is 11.7 Å². The summed E-state index contributed by atoms with van der Waals surface area (Å²) < 4.78 is 24.3. The molecule has 0 bridgehead atoms. The molecule has 9 heteroatoms. The second-order valence-corrected chi connectivity index (χ2v) is 9.78. The summed E-state index contributed by atoms with van der Waals surface area (Å²) in [6.45, 7) is 0.483. The molecule has 1 aromatic heterocycles. The number of benzene rings is 3. The van der Waals surface area contributed by atoms with E-state index < -0.39 is 0 Å². The lowest BCUT2D eigenvalue weighted by atomic mass is 9.77. The van der Waals surface area contributed by atoms with Crippen LogP contribution in [0.2, 0.25) is 0 Å². The van der Waals surface area contributed by atoms with Gasteiger partial charge in [0.2, 0.25) is 11.7 Å². The van der Waals surface area contributed by atoms with Gasteiger partial charge in [0.15, 0.2) is 17.3 Å². The highest BCUT2D eigenvalue weighted by atomic mass is 16.5. The van der Waals surface area contributed by atoms with Gasteiger partial charge in [-0.2, -0.15) is 10.1 Å². The van der Waals surface area contributed by atoms with Gasteiger partial charge in [0.25, 0.3) is 0 Å². The molecule has 2 aliphatic rings. The lowest BCUT2D eigenvalue weighted by Crippen LogP contribution is -2.33. The van der Waals surface area contributed by atoms with Gasteiger partial charge >= 0.3 is 0 Å². The number of nitrogens with zero attached hydrogens (tertiary/aromatic N) is 3. The van der Waals surface area contributed by atoms with Crippen molar-refractivity contribution < 1.29 is 23.7 Å². The summed E-state index contributed by atoms with van der Waals surface area (Å²) in [7, 11) is 4.75. The fraction of sp³-hybridized carbons (Fsp3) is 0.258. The molecule has 1 aliphatic heterocycles. The highest BCUT2D eigenvalue weighted by molar-refractivity contribution is 6.00. The van der Waals surface area contributed by atoms with Crippen LogP contribution in [0.3, 0.4) is 0 Å². The quantitative estimate of drug-likeness (QED) is 0.323. The van der Waals surface area contributed by atoms with Crippen molar-refractivity contribution in [3.63, 3.8) is 0 Å². The van der Waals surface area contributed by atoms with Crippen LogP contribution in [-0.4, -0.2) is 41.9 Å². The Morgan fingerprint density at radius 2 is 1.62 bits per heavy atom. The summed E-state index contributed by atoms with van der Waals surface area (Å²) in [6, 6.07) is 21.3. The number of methoxy groups -OCH3 is 3. The van der Waals surface area contributed by atoms with Crippen LogP contribution >= 0.6 is 0 Å². The number of fused-ring (bicyclic) bond motifs is 1. The first-order valence-electron chi connectivity index (χ1n) is 13.1. The number of carbonyl (C=O) groups excluding carboxylic acids is 1. The molecule has 3 aromatic carbocycles. The average molecular weight is 539 g/mol. The van der Waals surface area contributed by atoms with Crippen molar-refractivity contribution in [2.75, 3.05) is 26.6 Å². The van der Waals surface area contributed by atoms with Crippen molar-refractivity contribution in [1.82, 2.24) is 14.8 Å². The smallest absolute Gasteiger partial charge is 0.226 e. The molecule has 4 aromatic rings. The van der Waals surface area contributed by atoms with E-state index in [0.717, 1.165) is 28.1 Å². The molecule has 0 saturated heterocycles. The molecule has 204 valence electrons. The van der Waals surface area contributed by atoms with Gasteiger partial charge in [-0.1, -0.05) is 42.5 Å². The highest BCUT2D eigenvalue weighted by Gasteiger charge is 2.39. The Bertz CT molecular complexity index is 1540. The Morgan fingerprint density at radius 1 is 0.900 bits per heavy atom. The molecule has 0 unspecified atom stereocenters. The molecule has 0 fully saturated rings. The van der Waals surface area contributed by atoms with Gasteiger partial charge in [0.05, 0.1) is 21.3 Å². The second kappa shape index (κ2) is 10.8. The Kier molecular flexibility index (Phi) is 6.86. The number of ketones is 1. The number of aromatic nitrogens is 3. The fourth-order valence-electron chi connectivity index (χ4n) is 5.52. The zero-order valence-electron chi connectivity index (χ0n) is 22.6. The third-order valence-electron chi connectivity index (χ3n) is 7.46. The number of anilines is 1. The van der Waals surface area contributed by atoms with E-state index in [2.05, 4.69) is 15.4 Å². The number of hydrogen-bond acceptors (Lipinski definition) is 8. The van der Waals surface area contributed by atoms with Crippen LogP contribution in [-0.2, 0) is 11.4 Å². The first kappa shape index (κ1) is 25.5. The van der Waals surface area contributed by atoms with Gasteiger partial charge < -0.3 is 24.3 Å². The Hall–Kier alpha value is -4.79. The van der Waals surface area contributed by atoms with Crippen molar-refractivity contribution in [2.24, 2.45) is 0 Å². The predicted molar refractivity (Wildman–Crippen MR) is 149 cm³/mol. The molecule has 0 spiro atoms. The molecule has 40 heavy (non-hydrogen) atoms. The van der Waals surface area contributed by atoms with Crippen molar-refractivity contribution in [3.8, 4) is 23.0 Å². The van der Waals surface area contributed by atoms with E-state index in [0.29, 0.717) is 48.2 Å². The maximum atomic E-state index is 13.8. The van der Waals surface area contributed by atoms with E-state index in [4.69, 9.17) is 18.9 Å². The van der Waals surface area contributed by atoms with Crippen LogP contribution in [0.4, 0.5) is 5.95 Å². The van der Waals surface area contributed by atoms with Crippen LogP contribution in [0.1, 0.15) is 41.5 Å². The standard InChI is InChI=1S/C31H30N4O5/c1-37-26-15-22(16-27(38-2)30(26)39-3)21-13-24-28(25(36)14-21)29(35-31(34-24)32-18-33-35)20-9-11-23(12-10-20)40-17-19-7-5-4-6-8-19/h4-12,15-16,18,21,29H,13-14,17H2,1-3H3,(H,32,33,34)/t21-,29-/m0/s1. The minimum atomic E-state index is -0.384. The van der Waals surface area contributed by atoms with Crippen LogP contribution in [0.15, 0.2) is 84.3 Å². The third kappa shape index (κ3) is 4.64. The Labute approximate surface area is 232 Å². The summed E-state index contributed by atoms with van der Waals surface area (Å²) in [4.78, 5) is 18.2. The van der Waals surface area contributed by atoms with Gasteiger partial charge in [-0.05, 0) is 53.3 Å². The van der Waals surface area contributed by atoms with Gasteiger partial charge in [-0.15, -0.1) is 0 Å². The largest absolute Gasteiger partial charge is 0.493 e. The molecule has 2 atom stereocenters. The van der Waals surface area contributed by atoms with Gasteiger partial charge in [0, 0.05) is 17.7 Å². The number of hydrogen-bond donors (Lipinski definition) is 1. The highest BCUT2D eigenvalue weighted by Crippen LogP contribution is 2.47. The Balaban J connectivity index is 1.30. The van der Waals surface area contributed by atoms with Crippen LogP contribution in [0.5, 0.6) is 23.0 Å². The molecule has 2 heterocycles. The first-order valence-corrected chi connectivity index (χ1v) is 13.1. The maximum absolute atomic E-state index is 13.8. The van der Waals surface area contributed by atoms with E-state index in [-0.39, 0.29) is 17.7 Å². The minimum Gasteiger partial charge on any atom is -0.493 e. The molecule has 0 radical (unpaired) electrons. The lowest BCUT2D eigenvalue weighted by Gasteiger charge is -2.35. The SMILES string of the molecule is COc1cc([C@@H]2CC(=O)C3=C(C2)Nc2ncnn2[C@H]3c2ccc(OCc3ccccc3)cc2)cc(OC)c1OC. The van der Waals surface area contributed by atoms with Crippen LogP contribution in [0.25, 0.3) is 0 Å².